The fraction of sp³-hybridized carbons (Fsp3) is 0.167. The van der Waals surface area contributed by atoms with E-state index >= 15 is 0 Å². The average Bonchev–Trinajstić information content (AvgIpc) is 3.00. The van der Waals surface area contributed by atoms with Gasteiger partial charge >= 0.3 is 0 Å². The average molecular weight is 375 g/mol. The molecule has 2 amide bonds. The molecule has 26 heavy (non-hydrogen) atoms. The van der Waals surface area contributed by atoms with Crippen LogP contribution in [0.4, 0.5) is 13.9 Å². The van der Waals surface area contributed by atoms with E-state index in [1.807, 2.05) is 18.2 Å². The molecule has 2 N–H and O–H groups in total. The summed E-state index contributed by atoms with van der Waals surface area (Å²) in [6.07, 6.45) is 0.904. The normalized spacial score (nSPS) is 10.7. The summed E-state index contributed by atoms with van der Waals surface area (Å²) >= 11 is 1.33. The van der Waals surface area contributed by atoms with E-state index in [0.717, 1.165) is 28.8 Å². The van der Waals surface area contributed by atoms with Crippen molar-refractivity contribution in [2.24, 2.45) is 0 Å². The van der Waals surface area contributed by atoms with Crippen molar-refractivity contribution in [3.8, 4) is 0 Å². The second-order valence-corrected chi connectivity index (χ2v) is 6.56. The molecule has 1 heterocycles. The van der Waals surface area contributed by atoms with Crippen molar-refractivity contribution in [3.63, 3.8) is 0 Å². The summed E-state index contributed by atoms with van der Waals surface area (Å²) < 4.78 is 27.4. The number of hydrogen-bond acceptors (Lipinski definition) is 4. The maximum absolute atomic E-state index is 13.5. The van der Waals surface area contributed by atoms with E-state index in [9.17, 15) is 18.4 Å². The minimum Gasteiger partial charge on any atom is -0.343 e. The molecule has 3 rings (SSSR count). The second kappa shape index (κ2) is 7.57. The van der Waals surface area contributed by atoms with Gasteiger partial charge in [0.05, 0.1) is 22.3 Å². The lowest BCUT2D eigenvalue weighted by atomic mass is 10.2. The molecule has 5 nitrogen and oxygen atoms in total. The molecule has 0 saturated carbocycles. The standard InChI is InChI=1S/C18H15F2N3O2S/c1-2-10-3-6-14-15(7-10)26-18(22-14)23-16(24)9-21-17(25)12-5-4-11(19)8-13(12)20/h3-8H,2,9H2,1H3,(H,21,25)(H,22,23,24). The van der Waals surface area contributed by atoms with E-state index < -0.39 is 23.4 Å². The third-order valence-electron chi connectivity index (χ3n) is 3.69. The minimum absolute atomic E-state index is 0.328. The lowest BCUT2D eigenvalue weighted by Gasteiger charge is -2.06. The molecular weight excluding hydrogens is 360 g/mol. The first kappa shape index (κ1) is 17.9. The highest BCUT2D eigenvalue weighted by Gasteiger charge is 2.14. The zero-order valence-corrected chi connectivity index (χ0v) is 14.6. The maximum atomic E-state index is 13.5. The predicted octanol–water partition coefficient (Wildman–Crippen LogP) is 3.51. The molecule has 0 spiro atoms. The van der Waals surface area contributed by atoms with Gasteiger partial charge in [0.1, 0.15) is 11.6 Å². The zero-order valence-electron chi connectivity index (χ0n) is 13.8. The number of nitrogens with one attached hydrogen (secondary N) is 2. The van der Waals surface area contributed by atoms with Crippen molar-refractivity contribution in [1.82, 2.24) is 10.3 Å². The van der Waals surface area contributed by atoms with E-state index in [1.54, 1.807) is 0 Å². The molecule has 1 aromatic heterocycles. The summed E-state index contributed by atoms with van der Waals surface area (Å²) in [6.45, 7) is 1.70. The largest absolute Gasteiger partial charge is 0.343 e. The van der Waals surface area contributed by atoms with E-state index in [4.69, 9.17) is 0 Å². The number of nitrogens with zero attached hydrogens (tertiary/aromatic N) is 1. The lowest BCUT2D eigenvalue weighted by Crippen LogP contribution is -2.33. The smallest absolute Gasteiger partial charge is 0.254 e. The third-order valence-corrected chi connectivity index (χ3v) is 4.63. The summed E-state index contributed by atoms with van der Waals surface area (Å²) in [7, 11) is 0. The minimum atomic E-state index is -0.985. The van der Waals surface area contributed by atoms with Gasteiger partial charge in [-0.1, -0.05) is 24.3 Å². The maximum Gasteiger partial charge on any atom is 0.254 e. The summed E-state index contributed by atoms with van der Waals surface area (Å²) in [6, 6.07) is 8.49. The highest BCUT2D eigenvalue weighted by molar-refractivity contribution is 7.22. The van der Waals surface area contributed by atoms with Crippen LogP contribution < -0.4 is 10.6 Å². The fourth-order valence-corrected chi connectivity index (χ4v) is 3.28. The van der Waals surface area contributed by atoms with Gasteiger partial charge in [-0.2, -0.15) is 0 Å². The molecule has 0 radical (unpaired) electrons. The summed E-state index contributed by atoms with van der Waals surface area (Å²) in [5.74, 6) is -3.05. The van der Waals surface area contributed by atoms with Crippen LogP contribution in [0.3, 0.4) is 0 Å². The van der Waals surface area contributed by atoms with E-state index in [1.165, 1.54) is 16.9 Å². The Hall–Kier alpha value is -2.87. The molecule has 0 aliphatic heterocycles. The first-order valence-corrected chi connectivity index (χ1v) is 8.70. The first-order valence-electron chi connectivity index (χ1n) is 7.89. The molecule has 0 saturated heterocycles. The number of anilines is 1. The van der Waals surface area contributed by atoms with Gasteiger partial charge in [0.2, 0.25) is 5.91 Å². The van der Waals surface area contributed by atoms with Crippen LogP contribution in [0.5, 0.6) is 0 Å². The number of fused-ring (bicyclic) bond motifs is 1. The highest BCUT2D eigenvalue weighted by Crippen LogP contribution is 2.26. The number of amides is 2. The highest BCUT2D eigenvalue weighted by atomic mass is 32.1. The zero-order chi connectivity index (χ0) is 18.7. The molecule has 0 bridgehead atoms. The number of halogens is 2. The van der Waals surface area contributed by atoms with Crippen molar-refractivity contribution in [2.45, 2.75) is 13.3 Å². The molecule has 8 heteroatoms. The van der Waals surface area contributed by atoms with Crippen LogP contribution in [0.15, 0.2) is 36.4 Å². The van der Waals surface area contributed by atoms with Gasteiger partial charge in [0.15, 0.2) is 5.13 Å². The van der Waals surface area contributed by atoms with Gasteiger partial charge < -0.3 is 10.6 Å². The molecule has 0 aliphatic rings. The Labute approximate surface area is 152 Å². The lowest BCUT2D eigenvalue weighted by molar-refractivity contribution is -0.115. The summed E-state index contributed by atoms with van der Waals surface area (Å²) in [4.78, 5) is 28.2. The van der Waals surface area contributed by atoms with Gasteiger partial charge in [0.25, 0.3) is 5.91 Å². The van der Waals surface area contributed by atoms with Gasteiger partial charge in [-0.05, 0) is 36.2 Å². The van der Waals surface area contributed by atoms with Crippen molar-refractivity contribution in [3.05, 3.63) is 59.2 Å². The number of aromatic nitrogens is 1. The van der Waals surface area contributed by atoms with Gasteiger partial charge in [-0.15, -0.1) is 0 Å². The number of aryl methyl sites for hydroxylation is 1. The number of carbonyl (C=O) groups excluding carboxylic acids is 2. The Morgan fingerprint density at radius 3 is 2.69 bits per heavy atom. The molecule has 0 atom stereocenters. The monoisotopic (exact) mass is 375 g/mol. The molecule has 3 aromatic rings. The topological polar surface area (TPSA) is 71.1 Å². The fourth-order valence-electron chi connectivity index (χ4n) is 2.34. The Balaban J connectivity index is 1.61. The van der Waals surface area contributed by atoms with Crippen molar-refractivity contribution >= 4 is 38.5 Å². The Morgan fingerprint density at radius 2 is 1.96 bits per heavy atom. The van der Waals surface area contributed by atoms with Crippen LogP contribution in [0.25, 0.3) is 10.2 Å². The first-order chi connectivity index (χ1) is 12.5. The SMILES string of the molecule is CCc1ccc2nc(NC(=O)CNC(=O)c3ccc(F)cc3F)sc2c1. The van der Waals surface area contributed by atoms with Crippen molar-refractivity contribution in [1.29, 1.82) is 0 Å². The molecule has 0 aliphatic carbocycles. The second-order valence-electron chi connectivity index (χ2n) is 5.53. The Bertz CT molecular complexity index is 988. The summed E-state index contributed by atoms with van der Waals surface area (Å²) in [5, 5.41) is 5.31. The van der Waals surface area contributed by atoms with Crippen LogP contribution in [0.2, 0.25) is 0 Å². The molecule has 0 unspecified atom stereocenters. The van der Waals surface area contributed by atoms with E-state index in [2.05, 4.69) is 22.5 Å². The molecule has 2 aromatic carbocycles. The molecule has 134 valence electrons. The van der Waals surface area contributed by atoms with Crippen LogP contribution in [-0.2, 0) is 11.2 Å². The Morgan fingerprint density at radius 1 is 1.15 bits per heavy atom. The molecular formula is C18H15F2N3O2S. The van der Waals surface area contributed by atoms with Crippen molar-refractivity contribution < 1.29 is 18.4 Å². The molecule has 0 fully saturated rings. The van der Waals surface area contributed by atoms with Crippen molar-refractivity contribution in [2.75, 3.05) is 11.9 Å². The summed E-state index contributed by atoms with van der Waals surface area (Å²) in [5.41, 5.74) is 1.62. The number of thiazole rings is 1. The van der Waals surface area contributed by atoms with Gasteiger partial charge in [0, 0.05) is 6.07 Å². The van der Waals surface area contributed by atoms with E-state index in [0.29, 0.717) is 11.2 Å². The Kier molecular flexibility index (Phi) is 5.22. The number of carbonyl (C=O) groups is 2. The van der Waals surface area contributed by atoms with Crippen LogP contribution >= 0.6 is 11.3 Å². The van der Waals surface area contributed by atoms with Gasteiger partial charge in [-0.25, -0.2) is 13.8 Å². The van der Waals surface area contributed by atoms with Crippen LogP contribution in [0.1, 0.15) is 22.8 Å². The number of rotatable bonds is 5. The van der Waals surface area contributed by atoms with Crippen LogP contribution in [-0.4, -0.2) is 23.3 Å². The van der Waals surface area contributed by atoms with Crippen LogP contribution in [0, 0.1) is 11.6 Å². The third kappa shape index (κ3) is 4.02. The number of hydrogen-bond donors (Lipinski definition) is 2. The quantitative estimate of drug-likeness (QED) is 0.717. The predicted molar refractivity (Wildman–Crippen MR) is 96.3 cm³/mol. The number of benzene rings is 2. The van der Waals surface area contributed by atoms with E-state index in [-0.39, 0.29) is 12.1 Å². The van der Waals surface area contributed by atoms with Gasteiger partial charge in [-0.3, -0.25) is 9.59 Å².